The van der Waals surface area contributed by atoms with E-state index in [1.807, 2.05) is 68.4 Å². The Bertz CT molecular complexity index is 1140. The first-order valence-corrected chi connectivity index (χ1v) is 11.0. The largest absolute Gasteiger partial charge is 0.479 e. The summed E-state index contributed by atoms with van der Waals surface area (Å²) in [4.78, 5) is 27.4. The van der Waals surface area contributed by atoms with Crippen LogP contribution >= 0.6 is 0 Å². The first-order valence-electron chi connectivity index (χ1n) is 11.0. The second-order valence-electron chi connectivity index (χ2n) is 8.27. The number of anilines is 2. The van der Waals surface area contributed by atoms with Gasteiger partial charge in [-0.05, 0) is 80.6 Å². The van der Waals surface area contributed by atoms with Crippen molar-refractivity contribution >= 4 is 23.2 Å². The topological polar surface area (TPSA) is 58.6 Å². The van der Waals surface area contributed by atoms with E-state index in [0.717, 1.165) is 24.0 Å². The van der Waals surface area contributed by atoms with Crippen LogP contribution in [0.1, 0.15) is 40.4 Å². The van der Waals surface area contributed by atoms with Crippen molar-refractivity contribution in [1.82, 2.24) is 0 Å². The Morgan fingerprint density at radius 3 is 2.53 bits per heavy atom. The third-order valence-corrected chi connectivity index (χ3v) is 5.88. The summed E-state index contributed by atoms with van der Waals surface area (Å²) in [6.45, 7) is 6.36. The lowest BCUT2D eigenvalue weighted by Gasteiger charge is -2.33. The van der Waals surface area contributed by atoms with Crippen LogP contribution in [0.15, 0.2) is 66.7 Å². The molecule has 0 fully saturated rings. The normalized spacial score (nSPS) is 15.2. The molecule has 5 nitrogen and oxygen atoms in total. The molecule has 0 saturated carbocycles. The van der Waals surface area contributed by atoms with Gasteiger partial charge in [0.2, 0.25) is 0 Å². The van der Waals surface area contributed by atoms with E-state index in [4.69, 9.17) is 4.74 Å². The van der Waals surface area contributed by atoms with Crippen LogP contribution < -0.4 is 15.0 Å². The highest BCUT2D eigenvalue weighted by Crippen LogP contribution is 2.36. The lowest BCUT2D eigenvalue weighted by atomic mass is 10.1. The molecular weight excluding hydrogens is 400 g/mol. The van der Waals surface area contributed by atoms with Crippen molar-refractivity contribution < 1.29 is 14.3 Å². The molecule has 1 atom stereocenters. The molecule has 1 aliphatic rings. The number of amides is 2. The van der Waals surface area contributed by atoms with Gasteiger partial charge in [-0.25, -0.2) is 0 Å². The Labute approximate surface area is 189 Å². The Morgan fingerprint density at radius 1 is 1.00 bits per heavy atom. The summed E-state index contributed by atoms with van der Waals surface area (Å²) in [7, 11) is 0. The van der Waals surface area contributed by atoms with Crippen LogP contribution in [0, 0.1) is 13.8 Å². The van der Waals surface area contributed by atoms with Crippen molar-refractivity contribution in [3.05, 3.63) is 89.0 Å². The van der Waals surface area contributed by atoms with Gasteiger partial charge in [0.1, 0.15) is 5.75 Å². The zero-order chi connectivity index (χ0) is 22.7. The lowest BCUT2D eigenvalue weighted by Crippen LogP contribution is -2.45. The number of rotatable bonds is 6. The summed E-state index contributed by atoms with van der Waals surface area (Å²) < 4.78 is 5.81. The first kappa shape index (κ1) is 21.6. The first-order chi connectivity index (χ1) is 15.4. The summed E-state index contributed by atoms with van der Waals surface area (Å²) >= 11 is 0. The van der Waals surface area contributed by atoms with Crippen LogP contribution in [0.4, 0.5) is 11.4 Å². The SMILES string of the molecule is Cc1ccc(C(=O)Nc2ccc3c(c2)N(CCCc2ccccc2)C(=O)C(C)O3)cc1C. The summed E-state index contributed by atoms with van der Waals surface area (Å²) in [5.41, 5.74) is 5.39. The fourth-order valence-electron chi connectivity index (χ4n) is 3.89. The average Bonchev–Trinajstić information content (AvgIpc) is 2.79. The van der Waals surface area contributed by atoms with Crippen LogP contribution in [0.3, 0.4) is 0 Å². The number of hydrogen-bond acceptors (Lipinski definition) is 3. The standard InChI is InChI=1S/C27H28N2O3/c1-18-11-12-22(16-19(18)2)26(30)28-23-13-14-25-24(17-23)29(27(31)20(3)32-25)15-7-10-21-8-5-4-6-9-21/h4-6,8-9,11-14,16-17,20H,7,10,15H2,1-3H3,(H,28,30). The van der Waals surface area contributed by atoms with Gasteiger partial charge >= 0.3 is 0 Å². The fourth-order valence-corrected chi connectivity index (χ4v) is 3.89. The highest BCUT2D eigenvalue weighted by Gasteiger charge is 2.31. The number of nitrogens with one attached hydrogen (secondary N) is 1. The number of ether oxygens (including phenoxy) is 1. The van der Waals surface area contributed by atoms with E-state index in [-0.39, 0.29) is 11.8 Å². The smallest absolute Gasteiger partial charge is 0.267 e. The van der Waals surface area contributed by atoms with Gasteiger partial charge in [0.05, 0.1) is 5.69 Å². The monoisotopic (exact) mass is 428 g/mol. The maximum absolute atomic E-state index is 12.9. The van der Waals surface area contributed by atoms with Gasteiger partial charge in [0.25, 0.3) is 11.8 Å². The van der Waals surface area contributed by atoms with E-state index < -0.39 is 6.10 Å². The average molecular weight is 429 g/mol. The zero-order valence-corrected chi connectivity index (χ0v) is 18.7. The molecular formula is C27H28N2O3. The molecule has 1 unspecified atom stereocenters. The third-order valence-electron chi connectivity index (χ3n) is 5.88. The quantitative estimate of drug-likeness (QED) is 0.579. The number of nitrogens with zero attached hydrogens (tertiary/aromatic N) is 1. The molecule has 0 radical (unpaired) electrons. The van der Waals surface area contributed by atoms with E-state index in [1.165, 1.54) is 5.56 Å². The summed E-state index contributed by atoms with van der Waals surface area (Å²) in [6, 6.07) is 21.3. The number of benzene rings is 3. The minimum Gasteiger partial charge on any atom is -0.479 e. The van der Waals surface area contributed by atoms with E-state index >= 15 is 0 Å². The summed E-state index contributed by atoms with van der Waals surface area (Å²) in [5.74, 6) is 0.407. The van der Waals surface area contributed by atoms with Crippen LogP contribution in [-0.2, 0) is 11.2 Å². The number of fused-ring (bicyclic) bond motifs is 1. The lowest BCUT2D eigenvalue weighted by molar-refractivity contribution is -0.125. The molecule has 1 N–H and O–H groups in total. The van der Waals surface area contributed by atoms with E-state index in [2.05, 4.69) is 17.4 Å². The molecule has 0 aliphatic carbocycles. The number of hydrogen-bond donors (Lipinski definition) is 1. The van der Waals surface area contributed by atoms with Gasteiger partial charge in [-0.3, -0.25) is 9.59 Å². The molecule has 164 valence electrons. The molecule has 1 heterocycles. The second kappa shape index (κ2) is 9.27. The van der Waals surface area contributed by atoms with E-state index in [1.54, 1.807) is 11.8 Å². The third kappa shape index (κ3) is 4.67. The molecule has 1 aliphatic heterocycles. The van der Waals surface area contributed by atoms with Crippen LogP contribution in [-0.4, -0.2) is 24.5 Å². The van der Waals surface area contributed by atoms with Crippen LogP contribution in [0.25, 0.3) is 0 Å². The van der Waals surface area contributed by atoms with E-state index in [0.29, 0.717) is 29.2 Å². The Balaban J connectivity index is 1.52. The molecule has 3 aromatic carbocycles. The molecule has 5 heteroatoms. The fraction of sp³-hybridized carbons (Fsp3) is 0.259. The van der Waals surface area contributed by atoms with Crippen LogP contribution in [0.2, 0.25) is 0 Å². The van der Waals surface area contributed by atoms with Gasteiger partial charge in [-0.1, -0.05) is 36.4 Å². The van der Waals surface area contributed by atoms with Crippen molar-refractivity contribution in [1.29, 1.82) is 0 Å². The molecule has 2 amide bonds. The predicted molar refractivity (Wildman–Crippen MR) is 128 cm³/mol. The molecule has 0 aromatic heterocycles. The highest BCUT2D eigenvalue weighted by atomic mass is 16.5. The molecule has 3 aromatic rings. The Morgan fingerprint density at radius 2 is 1.78 bits per heavy atom. The maximum Gasteiger partial charge on any atom is 0.267 e. The minimum absolute atomic E-state index is 0.0665. The van der Waals surface area contributed by atoms with Crippen molar-refractivity contribution in [3.8, 4) is 5.75 Å². The minimum atomic E-state index is -0.532. The van der Waals surface area contributed by atoms with Gasteiger partial charge in [0, 0.05) is 17.8 Å². The van der Waals surface area contributed by atoms with Crippen molar-refractivity contribution in [2.45, 2.75) is 39.7 Å². The Hall–Kier alpha value is -3.60. The number of aryl methyl sites for hydroxylation is 3. The van der Waals surface area contributed by atoms with Gasteiger partial charge in [-0.15, -0.1) is 0 Å². The molecule has 0 saturated heterocycles. The molecule has 32 heavy (non-hydrogen) atoms. The van der Waals surface area contributed by atoms with Crippen molar-refractivity contribution in [3.63, 3.8) is 0 Å². The summed E-state index contributed by atoms with van der Waals surface area (Å²) in [6.07, 6.45) is 1.19. The van der Waals surface area contributed by atoms with Crippen molar-refractivity contribution in [2.75, 3.05) is 16.8 Å². The molecule has 0 spiro atoms. The van der Waals surface area contributed by atoms with E-state index in [9.17, 15) is 9.59 Å². The highest BCUT2D eigenvalue weighted by molar-refractivity contribution is 6.06. The number of carbonyl (C=O) groups is 2. The Kier molecular flexibility index (Phi) is 6.26. The van der Waals surface area contributed by atoms with Gasteiger partial charge < -0.3 is 15.0 Å². The molecule has 0 bridgehead atoms. The second-order valence-corrected chi connectivity index (χ2v) is 8.27. The zero-order valence-electron chi connectivity index (χ0n) is 18.7. The van der Waals surface area contributed by atoms with Gasteiger partial charge in [0.15, 0.2) is 6.10 Å². The maximum atomic E-state index is 12.9. The van der Waals surface area contributed by atoms with Crippen molar-refractivity contribution in [2.24, 2.45) is 0 Å². The predicted octanol–water partition coefficient (Wildman–Crippen LogP) is 5.30. The number of carbonyl (C=O) groups excluding carboxylic acids is 2. The summed E-state index contributed by atoms with van der Waals surface area (Å²) in [5, 5.41) is 2.95. The molecule has 4 rings (SSSR count). The van der Waals surface area contributed by atoms with Crippen LogP contribution in [0.5, 0.6) is 5.75 Å². The van der Waals surface area contributed by atoms with Gasteiger partial charge in [-0.2, -0.15) is 0 Å².